The molecule has 2 heterocycles. The number of nitrogens with two attached hydrogens (primary N) is 1. The van der Waals surface area contributed by atoms with Gasteiger partial charge < -0.3 is 10.6 Å². The number of hydrogen-bond acceptors (Lipinski definition) is 5. The Morgan fingerprint density at radius 3 is 2.71 bits per heavy atom. The summed E-state index contributed by atoms with van der Waals surface area (Å²) in [6.07, 6.45) is 1.09. The van der Waals surface area contributed by atoms with E-state index in [0.717, 1.165) is 25.3 Å². The maximum Gasteiger partial charge on any atom is 0.311 e. The molecule has 2 rings (SSSR count). The van der Waals surface area contributed by atoms with Gasteiger partial charge in [0.15, 0.2) is 0 Å². The fourth-order valence-electron chi connectivity index (χ4n) is 2.10. The number of hydrogen-bond donors (Lipinski definition) is 1. The van der Waals surface area contributed by atoms with Gasteiger partial charge in [-0.15, -0.1) is 0 Å². The van der Waals surface area contributed by atoms with Gasteiger partial charge in [-0.3, -0.25) is 10.1 Å². The molecule has 1 aliphatic heterocycles. The van der Waals surface area contributed by atoms with E-state index in [-0.39, 0.29) is 16.9 Å². The minimum atomic E-state index is -0.514. The van der Waals surface area contributed by atoms with Crippen molar-refractivity contribution < 1.29 is 4.92 Å². The molecule has 0 saturated carbocycles. The average Bonchev–Trinajstić information content (AvgIpc) is 2.58. The van der Waals surface area contributed by atoms with Crippen molar-refractivity contribution in [1.82, 2.24) is 4.98 Å². The number of rotatable bonds is 2. The van der Waals surface area contributed by atoms with Crippen molar-refractivity contribution in [3.05, 3.63) is 22.2 Å². The van der Waals surface area contributed by atoms with Gasteiger partial charge >= 0.3 is 5.69 Å². The molecule has 92 valence electrons. The third-order valence-corrected chi connectivity index (χ3v) is 3.09. The topological polar surface area (TPSA) is 85.3 Å². The second-order valence-corrected chi connectivity index (χ2v) is 5.17. The summed E-state index contributed by atoms with van der Waals surface area (Å²) >= 11 is 0. The molecule has 0 spiro atoms. The van der Waals surface area contributed by atoms with Gasteiger partial charge in [-0.2, -0.15) is 0 Å². The van der Waals surface area contributed by atoms with E-state index in [0.29, 0.717) is 0 Å². The Morgan fingerprint density at radius 2 is 2.24 bits per heavy atom. The molecule has 1 aromatic heterocycles. The lowest BCUT2D eigenvalue weighted by atomic mass is 9.93. The number of pyridine rings is 1. The van der Waals surface area contributed by atoms with Gasteiger partial charge in [-0.25, -0.2) is 4.98 Å². The van der Waals surface area contributed by atoms with Gasteiger partial charge in [-0.05, 0) is 17.9 Å². The quantitative estimate of drug-likeness (QED) is 0.625. The summed E-state index contributed by atoms with van der Waals surface area (Å²) in [5.74, 6) is 0.705. The summed E-state index contributed by atoms with van der Waals surface area (Å²) in [6, 6.07) is 3.08. The highest BCUT2D eigenvalue weighted by atomic mass is 16.6. The van der Waals surface area contributed by atoms with Crippen molar-refractivity contribution >= 4 is 17.3 Å². The van der Waals surface area contributed by atoms with E-state index in [1.807, 2.05) is 0 Å². The van der Waals surface area contributed by atoms with Crippen molar-refractivity contribution in [2.75, 3.05) is 23.7 Å². The van der Waals surface area contributed by atoms with Crippen LogP contribution >= 0.6 is 0 Å². The summed E-state index contributed by atoms with van der Waals surface area (Å²) < 4.78 is 0. The van der Waals surface area contributed by atoms with Gasteiger partial charge in [0.05, 0.1) is 4.92 Å². The fraction of sp³-hybridized carbons (Fsp3) is 0.545. The Labute approximate surface area is 99.6 Å². The third-order valence-electron chi connectivity index (χ3n) is 3.09. The number of nitro groups is 1. The lowest BCUT2D eigenvalue weighted by molar-refractivity contribution is -0.384. The number of anilines is 2. The smallest absolute Gasteiger partial charge is 0.311 e. The lowest BCUT2D eigenvalue weighted by Gasteiger charge is -2.20. The summed E-state index contributed by atoms with van der Waals surface area (Å²) in [7, 11) is 0. The van der Waals surface area contributed by atoms with E-state index in [4.69, 9.17) is 5.73 Å². The van der Waals surface area contributed by atoms with Crippen LogP contribution in [0.15, 0.2) is 12.1 Å². The Bertz CT molecular complexity index is 459. The Kier molecular flexibility index (Phi) is 2.65. The molecule has 6 heteroatoms. The molecule has 1 fully saturated rings. The summed E-state index contributed by atoms with van der Waals surface area (Å²) in [4.78, 5) is 16.3. The molecule has 0 aromatic carbocycles. The fourth-order valence-corrected chi connectivity index (χ4v) is 2.10. The van der Waals surface area contributed by atoms with E-state index in [9.17, 15) is 10.1 Å². The van der Waals surface area contributed by atoms with Crippen LogP contribution in [0.3, 0.4) is 0 Å². The number of nitrogens with zero attached hydrogens (tertiary/aromatic N) is 3. The minimum Gasteiger partial charge on any atom is -0.378 e. The molecule has 0 atom stereocenters. The van der Waals surface area contributed by atoms with Crippen molar-refractivity contribution in [2.24, 2.45) is 5.41 Å². The van der Waals surface area contributed by atoms with Crippen molar-refractivity contribution in [3.8, 4) is 0 Å². The van der Waals surface area contributed by atoms with E-state index >= 15 is 0 Å². The van der Waals surface area contributed by atoms with E-state index < -0.39 is 4.92 Å². The Balaban J connectivity index is 2.24. The first-order valence-electron chi connectivity index (χ1n) is 5.55. The van der Waals surface area contributed by atoms with E-state index in [2.05, 4.69) is 23.7 Å². The summed E-state index contributed by atoms with van der Waals surface area (Å²) in [5.41, 5.74) is 5.71. The number of nitrogen functional groups attached to an aromatic ring is 1. The molecular formula is C11H16N4O2. The van der Waals surface area contributed by atoms with Gasteiger partial charge in [0.25, 0.3) is 0 Å². The van der Waals surface area contributed by atoms with E-state index in [1.165, 1.54) is 6.07 Å². The largest absolute Gasteiger partial charge is 0.378 e. The average molecular weight is 236 g/mol. The molecular weight excluding hydrogens is 220 g/mol. The summed E-state index contributed by atoms with van der Waals surface area (Å²) in [5, 5.41) is 10.6. The van der Waals surface area contributed by atoms with E-state index in [1.54, 1.807) is 6.07 Å². The van der Waals surface area contributed by atoms with Gasteiger partial charge in [0, 0.05) is 19.2 Å². The number of aromatic nitrogens is 1. The van der Waals surface area contributed by atoms with Gasteiger partial charge in [-0.1, -0.05) is 13.8 Å². The van der Waals surface area contributed by atoms with Crippen LogP contribution in [0.2, 0.25) is 0 Å². The molecule has 1 aliphatic rings. The minimum absolute atomic E-state index is 0.0165. The molecule has 0 aliphatic carbocycles. The molecule has 0 bridgehead atoms. The Hall–Kier alpha value is -1.85. The first-order chi connectivity index (χ1) is 7.89. The highest BCUT2D eigenvalue weighted by Gasteiger charge is 2.30. The molecule has 1 aromatic rings. The molecule has 6 nitrogen and oxygen atoms in total. The molecule has 2 N–H and O–H groups in total. The summed E-state index contributed by atoms with van der Waals surface area (Å²) in [6.45, 7) is 6.21. The first-order valence-corrected chi connectivity index (χ1v) is 5.55. The third kappa shape index (κ3) is 2.30. The zero-order valence-electron chi connectivity index (χ0n) is 10.0. The molecule has 0 unspecified atom stereocenters. The zero-order chi connectivity index (χ0) is 12.6. The van der Waals surface area contributed by atoms with Crippen molar-refractivity contribution in [2.45, 2.75) is 20.3 Å². The van der Waals surface area contributed by atoms with Crippen LogP contribution in [-0.4, -0.2) is 23.0 Å². The predicted octanol–water partition coefficient (Wildman–Crippen LogP) is 1.81. The van der Waals surface area contributed by atoms with Crippen LogP contribution < -0.4 is 10.6 Å². The standard InChI is InChI=1S/C11H16N4O2/c1-11(2)5-6-14(7-11)9-4-3-8(15(16)17)10(12)13-9/h3-4H,5-7H2,1-2H3,(H2,12,13). The lowest BCUT2D eigenvalue weighted by Crippen LogP contribution is -2.23. The monoisotopic (exact) mass is 236 g/mol. The molecule has 1 saturated heterocycles. The van der Waals surface area contributed by atoms with Crippen LogP contribution in [0.5, 0.6) is 0 Å². The maximum atomic E-state index is 10.6. The zero-order valence-corrected chi connectivity index (χ0v) is 10.0. The van der Waals surface area contributed by atoms with Crippen LogP contribution in [0, 0.1) is 15.5 Å². The van der Waals surface area contributed by atoms with Crippen LogP contribution in [0.4, 0.5) is 17.3 Å². The SMILES string of the molecule is CC1(C)CCN(c2ccc([N+](=O)[O-])c(N)n2)C1. The van der Waals surface area contributed by atoms with Crippen molar-refractivity contribution in [1.29, 1.82) is 0 Å². The maximum absolute atomic E-state index is 10.6. The first kappa shape index (κ1) is 11.6. The van der Waals surface area contributed by atoms with Crippen LogP contribution in [0.1, 0.15) is 20.3 Å². The predicted molar refractivity (Wildman–Crippen MR) is 65.9 cm³/mol. The highest BCUT2D eigenvalue weighted by Crippen LogP contribution is 2.33. The second-order valence-electron chi connectivity index (χ2n) is 5.17. The molecule has 0 amide bonds. The van der Waals surface area contributed by atoms with Crippen LogP contribution in [-0.2, 0) is 0 Å². The second kappa shape index (κ2) is 3.87. The van der Waals surface area contributed by atoms with Gasteiger partial charge in [0.1, 0.15) is 5.82 Å². The Morgan fingerprint density at radius 1 is 1.53 bits per heavy atom. The normalized spacial score (nSPS) is 18.4. The molecule has 17 heavy (non-hydrogen) atoms. The van der Waals surface area contributed by atoms with Crippen molar-refractivity contribution in [3.63, 3.8) is 0 Å². The highest BCUT2D eigenvalue weighted by molar-refractivity contribution is 5.58. The molecule has 0 radical (unpaired) electrons. The van der Waals surface area contributed by atoms with Gasteiger partial charge in [0.2, 0.25) is 5.82 Å². The van der Waals surface area contributed by atoms with Crippen LogP contribution in [0.25, 0.3) is 0 Å².